The van der Waals surface area contributed by atoms with Gasteiger partial charge in [-0.25, -0.2) is 0 Å². The van der Waals surface area contributed by atoms with Gasteiger partial charge in [0.2, 0.25) is 5.91 Å². The molecule has 0 fully saturated rings. The van der Waals surface area contributed by atoms with Crippen LogP contribution >= 0.6 is 0 Å². The molecule has 0 aromatic carbocycles. The topological polar surface area (TPSA) is 81.2 Å². The molecule has 1 aromatic heterocycles. The number of aryl methyl sites for hydroxylation is 1. The Morgan fingerprint density at radius 3 is 3.00 bits per heavy atom. The summed E-state index contributed by atoms with van der Waals surface area (Å²) in [6.07, 6.45) is 3.01. The molecule has 0 saturated carbocycles. The molecule has 0 radical (unpaired) electrons. The van der Waals surface area contributed by atoms with E-state index in [2.05, 4.69) is 10.3 Å². The van der Waals surface area contributed by atoms with Gasteiger partial charge in [0.1, 0.15) is 6.26 Å². The number of nitrogens with one attached hydrogen (secondary N) is 1. The number of nitrogens with zero attached hydrogens (tertiary/aromatic N) is 1. The van der Waals surface area contributed by atoms with E-state index in [1.54, 1.807) is 6.92 Å². The van der Waals surface area contributed by atoms with Gasteiger partial charge in [0.05, 0.1) is 11.7 Å². The van der Waals surface area contributed by atoms with Gasteiger partial charge < -0.3 is 10.2 Å². The largest absolute Gasteiger partial charge is 0.432 e. The van der Waals surface area contributed by atoms with Gasteiger partial charge in [0, 0.05) is 0 Å². The molecule has 1 rings (SSSR count). The molecule has 5 nitrogen and oxygen atoms in total. The van der Waals surface area contributed by atoms with Crippen molar-refractivity contribution in [3.8, 4) is 0 Å². The minimum absolute atomic E-state index is 0.207. The van der Waals surface area contributed by atoms with Crippen LogP contribution in [-0.2, 0) is 4.79 Å². The van der Waals surface area contributed by atoms with E-state index in [4.69, 9.17) is 10.2 Å². The molecular weight excluding hydrogens is 182 g/mol. The minimum atomic E-state index is -0.493. The van der Waals surface area contributed by atoms with Crippen LogP contribution in [0.4, 0.5) is 6.01 Å². The quantitative estimate of drug-likeness (QED) is 0.755. The van der Waals surface area contributed by atoms with Crippen molar-refractivity contribution in [1.82, 2.24) is 4.98 Å². The summed E-state index contributed by atoms with van der Waals surface area (Å²) >= 11 is 0. The molecule has 0 aliphatic carbocycles. The monoisotopic (exact) mass is 197 g/mol. The van der Waals surface area contributed by atoms with E-state index in [1.165, 1.54) is 6.26 Å². The first kappa shape index (κ1) is 10.7. The summed E-state index contributed by atoms with van der Waals surface area (Å²) < 4.78 is 4.96. The molecule has 0 aliphatic rings. The third kappa shape index (κ3) is 2.85. The average Bonchev–Trinajstić information content (AvgIpc) is 2.51. The van der Waals surface area contributed by atoms with Crippen molar-refractivity contribution in [2.24, 2.45) is 5.73 Å². The number of hydrogen-bond acceptors (Lipinski definition) is 4. The number of aromatic nitrogens is 1. The van der Waals surface area contributed by atoms with Gasteiger partial charge in [-0.3, -0.25) is 10.1 Å². The van der Waals surface area contributed by atoms with Crippen molar-refractivity contribution in [2.75, 3.05) is 5.32 Å². The van der Waals surface area contributed by atoms with Crippen LogP contribution in [0.2, 0.25) is 0 Å². The van der Waals surface area contributed by atoms with Crippen LogP contribution in [0.15, 0.2) is 10.7 Å². The van der Waals surface area contributed by atoms with Crippen molar-refractivity contribution in [3.63, 3.8) is 0 Å². The smallest absolute Gasteiger partial charge is 0.301 e. The summed E-state index contributed by atoms with van der Waals surface area (Å²) in [6.45, 7) is 3.76. The number of amides is 1. The molecule has 1 amide bonds. The number of nitrogens with two attached hydrogens (primary N) is 1. The molecule has 5 heteroatoms. The first-order valence-corrected chi connectivity index (χ1v) is 4.62. The van der Waals surface area contributed by atoms with E-state index >= 15 is 0 Å². The van der Waals surface area contributed by atoms with E-state index in [0.717, 1.165) is 12.1 Å². The molecule has 0 bridgehead atoms. The van der Waals surface area contributed by atoms with Crippen LogP contribution in [0.1, 0.15) is 25.5 Å². The number of oxazole rings is 1. The molecule has 0 aliphatic heterocycles. The highest BCUT2D eigenvalue weighted by molar-refractivity contribution is 5.92. The van der Waals surface area contributed by atoms with Crippen molar-refractivity contribution in [2.45, 2.75) is 32.7 Å². The molecule has 1 heterocycles. The lowest BCUT2D eigenvalue weighted by atomic mass is 10.2. The lowest BCUT2D eigenvalue weighted by molar-refractivity contribution is -0.117. The molecule has 78 valence electrons. The maximum Gasteiger partial charge on any atom is 0.301 e. The second-order valence-electron chi connectivity index (χ2n) is 3.18. The Labute approximate surface area is 82.7 Å². The van der Waals surface area contributed by atoms with Crippen LogP contribution < -0.4 is 11.1 Å². The third-order valence-corrected chi connectivity index (χ3v) is 1.79. The summed E-state index contributed by atoms with van der Waals surface area (Å²) in [5.41, 5.74) is 6.33. The van der Waals surface area contributed by atoms with Crippen molar-refractivity contribution in [3.05, 3.63) is 12.0 Å². The normalized spacial score (nSPS) is 12.5. The molecule has 0 saturated heterocycles. The van der Waals surface area contributed by atoms with Gasteiger partial charge in [-0.05, 0) is 13.3 Å². The molecular formula is C9H15N3O2. The number of anilines is 1. The Morgan fingerprint density at radius 2 is 2.50 bits per heavy atom. The predicted molar refractivity (Wildman–Crippen MR) is 52.8 cm³/mol. The lowest BCUT2D eigenvalue weighted by Crippen LogP contribution is -2.35. The highest BCUT2D eigenvalue weighted by Crippen LogP contribution is 2.06. The third-order valence-electron chi connectivity index (χ3n) is 1.79. The first-order valence-electron chi connectivity index (χ1n) is 4.62. The van der Waals surface area contributed by atoms with E-state index in [1.807, 2.05) is 6.92 Å². The molecule has 3 N–H and O–H groups in total. The number of carbonyl (C=O) groups excluding carboxylic acids is 1. The van der Waals surface area contributed by atoms with Gasteiger partial charge in [-0.1, -0.05) is 13.3 Å². The average molecular weight is 197 g/mol. The highest BCUT2D eigenvalue weighted by atomic mass is 16.4. The van der Waals surface area contributed by atoms with Crippen LogP contribution in [0.5, 0.6) is 0 Å². The van der Waals surface area contributed by atoms with E-state index in [-0.39, 0.29) is 11.9 Å². The summed E-state index contributed by atoms with van der Waals surface area (Å²) in [4.78, 5) is 15.3. The number of hydrogen-bond donors (Lipinski definition) is 2. The fourth-order valence-corrected chi connectivity index (χ4v) is 1.05. The zero-order chi connectivity index (χ0) is 10.6. The molecule has 1 atom stereocenters. The maximum atomic E-state index is 11.4. The Kier molecular flexibility index (Phi) is 3.64. The second kappa shape index (κ2) is 4.76. The van der Waals surface area contributed by atoms with Crippen molar-refractivity contribution >= 4 is 11.9 Å². The van der Waals surface area contributed by atoms with Crippen molar-refractivity contribution in [1.29, 1.82) is 0 Å². The fraction of sp³-hybridized carbons (Fsp3) is 0.556. The molecule has 0 spiro atoms. The Balaban J connectivity index is 2.48. The Bertz CT molecular complexity index is 309. The van der Waals surface area contributed by atoms with E-state index < -0.39 is 6.04 Å². The van der Waals surface area contributed by atoms with Gasteiger partial charge >= 0.3 is 6.01 Å². The summed E-state index contributed by atoms with van der Waals surface area (Å²) in [5, 5.41) is 2.51. The van der Waals surface area contributed by atoms with Crippen LogP contribution in [0.25, 0.3) is 0 Å². The summed E-state index contributed by atoms with van der Waals surface area (Å²) in [5.74, 6) is -0.256. The van der Waals surface area contributed by atoms with Gasteiger partial charge in [0.25, 0.3) is 0 Å². The van der Waals surface area contributed by atoms with Gasteiger partial charge in [-0.2, -0.15) is 4.98 Å². The molecule has 14 heavy (non-hydrogen) atoms. The van der Waals surface area contributed by atoms with Crippen LogP contribution in [0, 0.1) is 6.92 Å². The van der Waals surface area contributed by atoms with Crippen LogP contribution in [0.3, 0.4) is 0 Å². The maximum absolute atomic E-state index is 11.4. The highest BCUT2D eigenvalue weighted by Gasteiger charge is 2.14. The summed E-state index contributed by atoms with van der Waals surface area (Å²) in [6, 6.07) is -0.286. The van der Waals surface area contributed by atoms with Crippen LogP contribution in [-0.4, -0.2) is 16.9 Å². The minimum Gasteiger partial charge on any atom is -0.432 e. The summed E-state index contributed by atoms with van der Waals surface area (Å²) in [7, 11) is 0. The SMILES string of the molecule is CCCC(N)C(=O)Nc1nc(C)co1. The molecule has 1 aromatic rings. The number of rotatable bonds is 4. The fourth-order valence-electron chi connectivity index (χ4n) is 1.05. The lowest BCUT2D eigenvalue weighted by Gasteiger charge is -2.07. The zero-order valence-corrected chi connectivity index (χ0v) is 8.41. The second-order valence-corrected chi connectivity index (χ2v) is 3.18. The van der Waals surface area contributed by atoms with Gasteiger partial charge in [-0.15, -0.1) is 0 Å². The standard InChI is InChI=1S/C9H15N3O2/c1-3-4-7(10)8(13)12-9-11-6(2)5-14-9/h5,7H,3-4,10H2,1-2H3,(H,11,12,13). The predicted octanol–water partition coefficient (Wildman–Crippen LogP) is 1.05. The van der Waals surface area contributed by atoms with Gasteiger partial charge in [0.15, 0.2) is 0 Å². The zero-order valence-electron chi connectivity index (χ0n) is 8.41. The Hall–Kier alpha value is -1.36. The van der Waals surface area contributed by atoms with E-state index in [9.17, 15) is 4.79 Å². The Morgan fingerprint density at radius 1 is 1.79 bits per heavy atom. The molecule has 1 unspecified atom stereocenters. The first-order chi connectivity index (χ1) is 6.63. The van der Waals surface area contributed by atoms with Crippen molar-refractivity contribution < 1.29 is 9.21 Å². The number of carbonyl (C=O) groups is 1. The van der Waals surface area contributed by atoms with E-state index in [0.29, 0.717) is 6.42 Å².